The molecule has 0 spiro atoms. The fourth-order valence-electron chi connectivity index (χ4n) is 3.09. The van der Waals surface area contributed by atoms with Crippen LogP contribution in [0.2, 0.25) is 0 Å². The number of aryl methyl sites for hydroxylation is 2. The lowest BCUT2D eigenvalue weighted by atomic mass is 10.1. The van der Waals surface area contributed by atoms with Gasteiger partial charge in [0.2, 0.25) is 5.91 Å². The number of para-hydroxylation sites is 2. The highest BCUT2D eigenvalue weighted by Gasteiger charge is 2.10. The third-order valence-corrected chi connectivity index (χ3v) is 4.74. The average molecular weight is 390 g/mol. The lowest BCUT2D eigenvalue weighted by Gasteiger charge is -2.07. The van der Waals surface area contributed by atoms with E-state index >= 15 is 0 Å². The van der Waals surface area contributed by atoms with Gasteiger partial charge in [0, 0.05) is 0 Å². The number of aromatic nitrogens is 3. The number of aromatic amines is 1. The predicted octanol–water partition coefficient (Wildman–Crippen LogP) is 3.61. The largest absolute Gasteiger partial charge is 0.489 e. The fourth-order valence-corrected chi connectivity index (χ4v) is 3.09. The maximum absolute atomic E-state index is 12.2. The molecule has 29 heavy (non-hydrogen) atoms. The Hall–Kier alpha value is -3.61. The van der Waals surface area contributed by atoms with E-state index in [0.717, 1.165) is 45.2 Å². The van der Waals surface area contributed by atoms with Gasteiger partial charge in [0.05, 0.1) is 35.3 Å². The second-order valence-electron chi connectivity index (χ2n) is 6.89. The van der Waals surface area contributed by atoms with E-state index in [2.05, 4.69) is 20.4 Å². The van der Waals surface area contributed by atoms with Gasteiger partial charge < -0.3 is 19.6 Å². The number of carbonyl (C=O) groups is 1. The van der Waals surface area contributed by atoms with Crippen LogP contribution in [0.3, 0.4) is 0 Å². The highest BCUT2D eigenvalue weighted by atomic mass is 16.5. The van der Waals surface area contributed by atoms with E-state index in [0.29, 0.717) is 19.6 Å². The fraction of sp³-hybridized carbons (Fsp3) is 0.227. The Morgan fingerprint density at radius 1 is 1.14 bits per heavy atom. The van der Waals surface area contributed by atoms with Gasteiger partial charge in [-0.25, -0.2) is 4.98 Å². The molecule has 0 aliphatic heterocycles. The number of H-pyrrole nitrogens is 1. The summed E-state index contributed by atoms with van der Waals surface area (Å²) in [7, 11) is 0. The summed E-state index contributed by atoms with van der Waals surface area (Å²) in [5.74, 6) is 2.18. The molecular formula is C22H22N4O3. The van der Waals surface area contributed by atoms with Crippen molar-refractivity contribution in [2.24, 2.45) is 0 Å². The first-order valence-electron chi connectivity index (χ1n) is 9.42. The molecule has 4 aromatic rings. The molecule has 1 amide bonds. The molecule has 4 rings (SSSR count). The van der Waals surface area contributed by atoms with Crippen LogP contribution in [0.4, 0.5) is 0 Å². The van der Waals surface area contributed by atoms with Gasteiger partial charge >= 0.3 is 0 Å². The van der Waals surface area contributed by atoms with Gasteiger partial charge in [0.15, 0.2) is 0 Å². The first-order valence-corrected chi connectivity index (χ1v) is 9.42. The number of carbonyl (C=O) groups excluding carboxylic acids is 1. The third-order valence-electron chi connectivity index (χ3n) is 4.74. The Labute approximate surface area is 168 Å². The van der Waals surface area contributed by atoms with E-state index < -0.39 is 0 Å². The summed E-state index contributed by atoms with van der Waals surface area (Å²) in [6.45, 7) is 4.53. The molecule has 7 nitrogen and oxygen atoms in total. The molecule has 0 fully saturated rings. The lowest BCUT2D eigenvalue weighted by Crippen LogP contribution is -2.25. The Balaban J connectivity index is 1.28. The molecule has 7 heteroatoms. The molecule has 2 aromatic carbocycles. The Bertz CT molecular complexity index is 1080. The minimum absolute atomic E-state index is 0.0603. The summed E-state index contributed by atoms with van der Waals surface area (Å²) in [5.41, 5.74) is 4.56. The van der Waals surface area contributed by atoms with Crippen molar-refractivity contribution < 1.29 is 14.1 Å². The molecule has 148 valence electrons. The topological polar surface area (TPSA) is 93.0 Å². The molecule has 0 atom stereocenters. The third kappa shape index (κ3) is 4.45. The van der Waals surface area contributed by atoms with Gasteiger partial charge in [-0.05, 0) is 43.7 Å². The predicted molar refractivity (Wildman–Crippen MR) is 108 cm³/mol. The van der Waals surface area contributed by atoms with Crippen LogP contribution in [-0.2, 0) is 24.4 Å². The normalized spacial score (nSPS) is 11.0. The van der Waals surface area contributed by atoms with Crippen LogP contribution in [-0.4, -0.2) is 21.0 Å². The van der Waals surface area contributed by atoms with Crippen LogP contribution in [0.5, 0.6) is 5.75 Å². The number of benzene rings is 2. The number of nitrogens with one attached hydrogen (secondary N) is 2. The minimum Gasteiger partial charge on any atom is -0.489 e. The molecule has 0 aliphatic carbocycles. The first kappa shape index (κ1) is 18.7. The highest BCUT2D eigenvalue weighted by molar-refractivity contribution is 5.79. The van der Waals surface area contributed by atoms with Crippen LogP contribution in [0.1, 0.15) is 28.4 Å². The van der Waals surface area contributed by atoms with Crippen LogP contribution in [0, 0.1) is 13.8 Å². The first-order chi connectivity index (χ1) is 14.1. The highest BCUT2D eigenvalue weighted by Crippen LogP contribution is 2.18. The van der Waals surface area contributed by atoms with Gasteiger partial charge in [-0.15, -0.1) is 0 Å². The number of hydrogen-bond acceptors (Lipinski definition) is 5. The summed E-state index contributed by atoms with van der Waals surface area (Å²) in [6, 6.07) is 15.3. The second kappa shape index (κ2) is 8.18. The van der Waals surface area contributed by atoms with Crippen LogP contribution >= 0.6 is 0 Å². The lowest BCUT2D eigenvalue weighted by molar-refractivity contribution is -0.120. The van der Waals surface area contributed by atoms with Crippen molar-refractivity contribution >= 4 is 16.9 Å². The van der Waals surface area contributed by atoms with E-state index in [4.69, 9.17) is 9.26 Å². The monoisotopic (exact) mass is 390 g/mol. The minimum atomic E-state index is -0.0603. The molecule has 0 unspecified atom stereocenters. The second-order valence-corrected chi connectivity index (χ2v) is 6.89. The summed E-state index contributed by atoms with van der Waals surface area (Å²) in [6.07, 6.45) is 0.296. The zero-order valence-electron chi connectivity index (χ0n) is 16.4. The van der Waals surface area contributed by atoms with Crippen LogP contribution < -0.4 is 10.1 Å². The van der Waals surface area contributed by atoms with Crippen molar-refractivity contribution in [3.63, 3.8) is 0 Å². The summed E-state index contributed by atoms with van der Waals surface area (Å²) >= 11 is 0. The number of fused-ring (bicyclic) bond motifs is 1. The molecule has 2 heterocycles. The van der Waals surface area contributed by atoms with Gasteiger partial charge in [-0.3, -0.25) is 4.79 Å². The smallest absolute Gasteiger partial charge is 0.224 e. The number of rotatable bonds is 7. The molecule has 2 aromatic heterocycles. The van der Waals surface area contributed by atoms with E-state index in [-0.39, 0.29) is 5.91 Å². The van der Waals surface area contributed by atoms with Crippen molar-refractivity contribution in [3.8, 4) is 5.75 Å². The Morgan fingerprint density at radius 3 is 2.66 bits per heavy atom. The van der Waals surface area contributed by atoms with E-state index in [1.165, 1.54) is 0 Å². The molecule has 0 saturated carbocycles. The number of ether oxygens (including phenoxy) is 1. The maximum Gasteiger partial charge on any atom is 0.224 e. The molecule has 0 bridgehead atoms. The van der Waals surface area contributed by atoms with Crippen molar-refractivity contribution in [2.45, 2.75) is 33.4 Å². The van der Waals surface area contributed by atoms with E-state index in [1.807, 2.05) is 62.4 Å². The van der Waals surface area contributed by atoms with E-state index in [1.54, 1.807) is 0 Å². The zero-order chi connectivity index (χ0) is 20.2. The van der Waals surface area contributed by atoms with E-state index in [9.17, 15) is 4.79 Å². The standard InChI is InChI=1S/C22H22N4O3/c1-14-18(15(2)29-26-14)13-28-17-9-7-16(8-10-17)11-22(27)23-12-21-24-19-5-3-4-6-20(19)25-21/h3-10H,11-13H2,1-2H3,(H,23,27)(H,24,25). The summed E-state index contributed by atoms with van der Waals surface area (Å²) in [4.78, 5) is 19.9. The zero-order valence-corrected chi connectivity index (χ0v) is 16.4. The average Bonchev–Trinajstić information content (AvgIpc) is 3.28. The quantitative estimate of drug-likeness (QED) is 0.503. The molecular weight excluding hydrogens is 368 g/mol. The number of amides is 1. The van der Waals surface area contributed by atoms with Crippen LogP contribution in [0.15, 0.2) is 53.1 Å². The molecule has 0 radical (unpaired) electrons. The van der Waals surface area contributed by atoms with Crippen molar-refractivity contribution in [1.29, 1.82) is 0 Å². The Kier molecular flexibility index (Phi) is 5.29. The Morgan fingerprint density at radius 2 is 1.93 bits per heavy atom. The molecule has 0 saturated heterocycles. The number of imidazole rings is 1. The van der Waals surface area contributed by atoms with Gasteiger partial charge in [-0.1, -0.05) is 29.4 Å². The van der Waals surface area contributed by atoms with Crippen molar-refractivity contribution in [1.82, 2.24) is 20.4 Å². The van der Waals surface area contributed by atoms with Crippen LogP contribution in [0.25, 0.3) is 11.0 Å². The SMILES string of the molecule is Cc1noc(C)c1COc1ccc(CC(=O)NCc2nc3ccccc3[nH]2)cc1. The van der Waals surface area contributed by atoms with Gasteiger partial charge in [0.25, 0.3) is 0 Å². The van der Waals surface area contributed by atoms with Crippen molar-refractivity contribution in [3.05, 3.63) is 76.9 Å². The van der Waals surface area contributed by atoms with Crippen molar-refractivity contribution in [2.75, 3.05) is 0 Å². The van der Waals surface area contributed by atoms with Gasteiger partial charge in [-0.2, -0.15) is 0 Å². The number of nitrogens with zero attached hydrogens (tertiary/aromatic N) is 2. The maximum atomic E-state index is 12.2. The molecule has 2 N–H and O–H groups in total. The number of hydrogen-bond donors (Lipinski definition) is 2. The summed E-state index contributed by atoms with van der Waals surface area (Å²) < 4.78 is 10.9. The summed E-state index contributed by atoms with van der Waals surface area (Å²) in [5, 5.41) is 6.82. The van der Waals surface area contributed by atoms with Gasteiger partial charge in [0.1, 0.15) is 23.9 Å². The molecule has 0 aliphatic rings.